The van der Waals surface area contributed by atoms with Crippen molar-refractivity contribution >= 4 is 11.9 Å². The topological polar surface area (TPSA) is 75.6 Å². The van der Waals surface area contributed by atoms with Gasteiger partial charge in [0, 0.05) is 5.56 Å². The Morgan fingerprint density at radius 2 is 2.05 bits per heavy atom. The summed E-state index contributed by atoms with van der Waals surface area (Å²) in [5, 5.41) is 10.7. The van der Waals surface area contributed by atoms with Crippen LogP contribution in [0.1, 0.15) is 18.5 Å². The van der Waals surface area contributed by atoms with Gasteiger partial charge < -0.3 is 15.2 Å². The van der Waals surface area contributed by atoms with Crippen molar-refractivity contribution in [3.63, 3.8) is 0 Å². The van der Waals surface area contributed by atoms with Gasteiger partial charge in [-0.05, 0) is 25.1 Å². The van der Waals surface area contributed by atoms with Gasteiger partial charge >= 0.3 is 5.97 Å². The molecule has 1 amide bonds. The Balaban J connectivity index is 2.54. The molecule has 1 unspecified atom stereocenters. The van der Waals surface area contributed by atoms with E-state index in [-0.39, 0.29) is 5.56 Å². The van der Waals surface area contributed by atoms with Gasteiger partial charge in [0.05, 0.1) is 6.04 Å². The summed E-state index contributed by atoms with van der Waals surface area (Å²) in [6, 6.07) is 2.17. The molecule has 0 bridgehead atoms. The lowest BCUT2D eigenvalue weighted by Crippen LogP contribution is -2.31. The van der Waals surface area contributed by atoms with Gasteiger partial charge in [0.15, 0.2) is 0 Å². The third-order valence-corrected chi connectivity index (χ3v) is 2.26. The normalized spacial score (nSPS) is 11.9. The largest absolute Gasteiger partial charge is 0.480 e. The Hall–Kier alpha value is -2.02. The van der Waals surface area contributed by atoms with Crippen molar-refractivity contribution in [3.05, 3.63) is 35.4 Å². The molecule has 0 aliphatic rings. The summed E-state index contributed by atoms with van der Waals surface area (Å²) in [5.41, 5.74) is 0.00610. The summed E-state index contributed by atoms with van der Waals surface area (Å²) in [7, 11) is 0. The van der Waals surface area contributed by atoms with E-state index in [9.17, 15) is 18.4 Å². The molecule has 19 heavy (non-hydrogen) atoms. The van der Waals surface area contributed by atoms with E-state index in [1.807, 2.05) is 0 Å². The van der Waals surface area contributed by atoms with E-state index in [2.05, 4.69) is 10.1 Å². The Kier molecular flexibility index (Phi) is 5.37. The molecule has 0 fully saturated rings. The van der Waals surface area contributed by atoms with E-state index >= 15 is 0 Å². The van der Waals surface area contributed by atoms with Gasteiger partial charge in [-0.1, -0.05) is 0 Å². The fourth-order valence-corrected chi connectivity index (χ4v) is 1.44. The van der Waals surface area contributed by atoms with Crippen LogP contribution in [0.15, 0.2) is 18.2 Å². The number of hydrogen-bond acceptors (Lipinski definition) is 3. The highest BCUT2D eigenvalue weighted by Gasteiger charge is 2.14. The van der Waals surface area contributed by atoms with Crippen LogP contribution in [0.2, 0.25) is 0 Å². The predicted octanol–water partition coefficient (Wildman–Crippen LogP) is 1.24. The first-order chi connectivity index (χ1) is 8.90. The van der Waals surface area contributed by atoms with Crippen molar-refractivity contribution in [1.29, 1.82) is 0 Å². The van der Waals surface area contributed by atoms with Crippen LogP contribution >= 0.6 is 0 Å². The molecule has 0 heterocycles. The van der Waals surface area contributed by atoms with Gasteiger partial charge in [0.1, 0.15) is 24.8 Å². The number of amides is 1. The van der Waals surface area contributed by atoms with Crippen molar-refractivity contribution in [2.24, 2.45) is 0 Å². The summed E-state index contributed by atoms with van der Waals surface area (Å²) in [6.07, 6.45) is 0. The average Bonchev–Trinajstić information content (AvgIpc) is 2.31. The molecule has 5 nitrogen and oxygen atoms in total. The van der Waals surface area contributed by atoms with Crippen LogP contribution in [-0.4, -0.2) is 30.2 Å². The molecule has 0 saturated carbocycles. The van der Waals surface area contributed by atoms with Crippen molar-refractivity contribution in [2.75, 3.05) is 13.2 Å². The number of carboxylic acid groups (broad SMARTS) is 1. The number of carbonyl (C=O) groups is 2. The predicted molar refractivity (Wildman–Crippen MR) is 61.4 cm³/mol. The number of halogens is 2. The fraction of sp³-hybridized carbons (Fsp3) is 0.333. The summed E-state index contributed by atoms with van der Waals surface area (Å²) >= 11 is 0. The third-order valence-electron chi connectivity index (χ3n) is 2.26. The van der Waals surface area contributed by atoms with Gasteiger partial charge in [-0.2, -0.15) is 0 Å². The van der Waals surface area contributed by atoms with Crippen molar-refractivity contribution in [3.8, 4) is 0 Å². The van der Waals surface area contributed by atoms with E-state index in [0.29, 0.717) is 0 Å². The summed E-state index contributed by atoms with van der Waals surface area (Å²) in [4.78, 5) is 21.5. The highest BCUT2D eigenvalue weighted by atomic mass is 19.1. The lowest BCUT2D eigenvalue weighted by molar-refractivity contribution is -0.143. The summed E-state index contributed by atoms with van der Waals surface area (Å²) < 4.78 is 30.9. The zero-order chi connectivity index (χ0) is 14.4. The monoisotopic (exact) mass is 273 g/mol. The van der Waals surface area contributed by atoms with Crippen molar-refractivity contribution in [2.45, 2.75) is 13.0 Å². The number of carbonyl (C=O) groups excluding carboxylic acids is 1. The number of ether oxygens (including phenoxy) is 1. The first-order valence-corrected chi connectivity index (χ1v) is 5.44. The second-order valence-electron chi connectivity index (χ2n) is 3.84. The molecule has 0 spiro atoms. The molecule has 1 aromatic rings. The lowest BCUT2D eigenvalue weighted by atomic mass is 10.1. The number of aliphatic carboxylic acids is 1. The second-order valence-corrected chi connectivity index (χ2v) is 3.84. The Labute approximate surface area is 108 Å². The highest BCUT2D eigenvalue weighted by molar-refractivity contribution is 5.78. The number of benzene rings is 1. The third kappa shape index (κ3) is 5.01. The molecule has 2 N–H and O–H groups in total. The number of rotatable bonds is 6. The van der Waals surface area contributed by atoms with Crippen LogP contribution in [-0.2, 0) is 14.3 Å². The molecule has 104 valence electrons. The standard InChI is InChI=1S/C12H13F2NO4/c1-7(9-4-8(13)2-3-10(9)14)15-11(16)5-19-6-12(17)18/h2-4,7H,5-6H2,1H3,(H,15,16)(H,17,18). The molecular weight excluding hydrogens is 260 g/mol. The summed E-state index contributed by atoms with van der Waals surface area (Å²) in [5.74, 6) is -3.06. The highest BCUT2D eigenvalue weighted by Crippen LogP contribution is 2.17. The van der Waals surface area contributed by atoms with Crippen molar-refractivity contribution in [1.82, 2.24) is 5.32 Å². The van der Waals surface area contributed by atoms with Crippen LogP contribution < -0.4 is 5.32 Å². The zero-order valence-corrected chi connectivity index (χ0v) is 10.2. The minimum Gasteiger partial charge on any atom is -0.480 e. The van der Waals surface area contributed by atoms with E-state index in [4.69, 9.17) is 5.11 Å². The quantitative estimate of drug-likeness (QED) is 0.817. The SMILES string of the molecule is CC(NC(=O)COCC(=O)O)c1cc(F)ccc1F. The van der Waals surface area contributed by atoms with E-state index in [1.54, 1.807) is 0 Å². The van der Waals surface area contributed by atoms with Gasteiger partial charge in [-0.25, -0.2) is 13.6 Å². The number of nitrogens with one attached hydrogen (secondary N) is 1. The Morgan fingerprint density at radius 3 is 2.68 bits per heavy atom. The van der Waals surface area contributed by atoms with Crippen LogP contribution in [0.3, 0.4) is 0 Å². The molecule has 0 aromatic heterocycles. The first kappa shape index (κ1) is 15.0. The van der Waals surface area contributed by atoms with E-state index in [1.165, 1.54) is 6.92 Å². The minimum atomic E-state index is -1.20. The smallest absolute Gasteiger partial charge is 0.329 e. The zero-order valence-electron chi connectivity index (χ0n) is 10.2. The van der Waals surface area contributed by atoms with Gasteiger partial charge in [0.25, 0.3) is 0 Å². The molecule has 0 aliphatic carbocycles. The Morgan fingerprint density at radius 1 is 1.37 bits per heavy atom. The van der Waals surface area contributed by atoms with E-state index < -0.39 is 42.8 Å². The maximum Gasteiger partial charge on any atom is 0.329 e. The van der Waals surface area contributed by atoms with Crippen LogP contribution in [0.4, 0.5) is 8.78 Å². The fourth-order valence-electron chi connectivity index (χ4n) is 1.44. The maximum absolute atomic E-state index is 13.4. The minimum absolute atomic E-state index is 0.00610. The molecule has 1 rings (SSSR count). The number of carboxylic acids is 1. The average molecular weight is 273 g/mol. The van der Waals surface area contributed by atoms with Crippen LogP contribution in [0.5, 0.6) is 0 Å². The van der Waals surface area contributed by atoms with Crippen LogP contribution in [0, 0.1) is 11.6 Å². The summed E-state index contributed by atoms with van der Waals surface area (Å²) in [6.45, 7) is 0.413. The van der Waals surface area contributed by atoms with Crippen LogP contribution in [0.25, 0.3) is 0 Å². The molecule has 0 saturated heterocycles. The Bertz CT molecular complexity index is 479. The van der Waals surface area contributed by atoms with E-state index in [0.717, 1.165) is 18.2 Å². The molecule has 1 aromatic carbocycles. The molecule has 1 atom stereocenters. The molecule has 7 heteroatoms. The second kappa shape index (κ2) is 6.79. The van der Waals surface area contributed by atoms with Gasteiger partial charge in [-0.15, -0.1) is 0 Å². The number of hydrogen-bond donors (Lipinski definition) is 2. The first-order valence-electron chi connectivity index (χ1n) is 5.44. The maximum atomic E-state index is 13.4. The lowest BCUT2D eigenvalue weighted by Gasteiger charge is -2.15. The van der Waals surface area contributed by atoms with Crippen molar-refractivity contribution < 1.29 is 28.2 Å². The van der Waals surface area contributed by atoms with Gasteiger partial charge in [0.2, 0.25) is 5.91 Å². The molecule has 0 radical (unpaired) electrons. The molecule has 0 aliphatic heterocycles. The van der Waals surface area contributed by atoms with Gasteiger partial charge in [-0.3, -0.25) is 4.79 Å². The molecular formula is C12H13F2NO4.